The molecule has 0 aromatic heterocycles. The average molecular weight is 302 g/mol. The number of halogens is 1. The second-order valence-corrected chi connectivity index (χ2v) is 5.25. The number of amides is 1. The van der Waals surface area contributed by atoms with E-state index in [4.69, 9.17) is 0 Å². The minimum atomic E-state index is 0.108. The molecular formula is C15H12BrNO. The summed E-state index contributed by atoms with van der Waals surface area (Å²) in [5.41, 5.74) is 4.51. The van der Waals surface area contributed by atoms with E-state index in [1.54, 1.807) is 0 Å². The third-order valence-corrected chi connectivity index (χ3v) is 3.88. The number of anilines is 1. The summed E-state index contributed by atoms with van der Waals surface area (Å²) in [7, 11) is 0. The molecule has 0 aliphatic carbocycles. The van der Waals surface area contributed by atoms with Crippen LogP contribution in [0.15, 0.2) is 46.9 Å². The highest BCUT2D eigenvalue weighted by atomic mass is 79.9. The maximum absolute atomic E-state index is 11.3. The van der Waals surface area contributed by atoms with Gasteiger partial charge in [0.25, 0.3) is 0 Å². The molecule has 2 aromatic carbocycles. The molecule has 18 heavy (non-hydrogen) atoms. The van der Waals surface area contributed by atoms with Crippen LogP contribution in [0.1, 0.15) is 12.0 Å². The number of rotatable bonds is 1. The molecule has 1 aliphatic rings. The topological polar surface area (TPSA) is 29.1 Å². The van der Waals surface area contributed by atoms with Crippen molar-refractivity contribution < 1.29 is 4.79 Å². The monoisotopic (exact) mass is 301 g/mol. The molecule has 3 heteroatoms. The zero-order valence-electron chi connectivity index (χ0n) is 9.74. The van der Waals surface area contributed by atoms with Gasteiger partial charge in [-0.15, -0.1) is 0 Å². The van der Waals surface area contributed by atoms with E-state index in [1.807, 2.05) is 30.3 Å². The molecule has 1 amide bonds. The summed E-state index contributed by atoms with van der Waals surface area (Å²) in [5, 5.41) is 2.90. The summed E-state index contributed by atoms with van der Waals surface area (Å²) in [6, 6.07) is 14.4. The zero-order chi connectivity index (χ0) is 12.5. The number of aryl methyl sites for hydroxylation is 1. The van der Waals surface area contributed by atoms with Crippen molar-refractivity contribution in [3.63, 3.8) is 0 Å². The third kappa shape index (κ3) is 2.06. The standard InChI is InChI=1S/C15H12BrNO/c16-13-4-2-1-3-12(13)10-5-7-14-11(9-10)6-8-15(18)17-14/h1-5,7,9H,6,8H2,(H,17,18). The van der Waals surface area contributed by atoms with Gasteiger partial charge in [0.2, 0.25) is 5.91 Å². The molecule has 90 valence electrons. The minimum Gasteiger partial charge on any atom is -0.326 e. The molecule has 0 saturated heterocycles. The number of benzene rings is 2. The Morgan fingerprint density at radius 1 is 1.06 bits per heavy atom. The third-order valence-electron chi connectivity index (χ3n) is 3.19. The highest BCUT2D eigenvalue weighted by Crippen LogP contribution is 2.32. The molecule has 0 spiro atoms. The maximum atomic E-state index is 11.3. The Kier molecular flexibility index (Phi) is 2.92. The fourth-order valence-corrected chi connectivity index (χ4v) is 2.76. The van der Waals surface area contributed by atoms with Crippen molar-refractivity contribution in [2.24, 2.45) is 0 Å². The molecule has 0 atom stereocenters. The van der Waals surface area contributed by atoms with Gasteiger partial charge in [0.05, 0.1) is 0 Å². The first-order valence-corrected chi connectivity index (χ1v) is 6.71. The van der Waals surface area contributed by atoms with Gasteiger partial charge in [-0.3, -0.25) is 4.79 Å². The molecule has 0 radical (unpaired) electrons. The van der Waals surface area contributed by atoms with Gasteiger partial charge in [-0.1, -0.05) is 40.2 Å². The molecule has 2 aromatic rings. The largest absolute Gasteiger partial charge is 0.326 e. The van der Waals surface area contributed by atoms with Crippen LogP contribution in [-0.4, -0.2) is 5.91 Å². The van der Waals surface area contributed by atoms with Gasteiger partial charge in [0, 0.05) is 16.6 Å². The van der Waals surface area contributed by atoms with Gasteiger partial charge in [0.1, 0.15) is 0 Å². The van der Waals surface area contributed by atoms with E-state index in [0.717, 1.165) is 16.6 Å². The summed E-state index contributed by atoms with van der Waals surface area (Å²) in [6.07, 6.45) is 1.39. The van der Waals surface area contributed by atoms with Crippen molar-refractivity contribution in [1.82, 2.24) is 0 Å². The number of fused-ring (bicyclic) bond motifs is 1. The number of hydrogen-bond donors (Lipinski definition) is 1. The Morgan fingerprint density at radius 2 is 1.89 bits per heavy atom. The molecule has 2 nitrogen and oxygen atoms in total. The number of carbonyl (C=O) groups excluding carboxylic acids is 1. The van der Waals surface area contributed by atoms with E-state index in [2.05, 4.69) is 33.4 Å². The van der Waals surface area contributed by atoms with Crippen LogP contribution in [-0.2, 0) is 11.2 Å². The van der Waals surface area contributed by atoms with E-state index in [1.165, 1.54) is 16.7 Å². The molecule has 0 bridgehead atoms. The number of nitrogens with one attached hydrogen (secondary N) is 1. The first-order valence-electron chi connectivity index (χ1n) is 5.92. The summed E-state index contributed by atoms with van der Waals surface area (Å²) in [4.78, 5) is 11.3. The predicted octanol–water partition coefficient (Wildman–Crippen LogP) is 4.00. The second-order valence-electron chi connectivity index (χ2n) is 4.40. The van der Waals surface area contributed by atoms with Gasteiger partial charge in [-0.25, -0.2) is 0 Å². The van der Waals surface area contributed by atoms with Crippen LogP contribution >= 0.6 is 15.9 Å². The molecule has 0 unspecified atom stereocenters. The normalized spacial score (nSPS) is 13.9. The Balaban J connectivity index is 2.05. The quantitative estimate of drug-likeness (QED) is 0.847. The average Bonchev–Trinajstić information content (AvgIpc) is 2.39. The fourth-order valence-electron chi connectivity index (χ4n) is 2.25. The van der Waals surface area contributed by atoms with Crippen LogP contribution in [0.25, 0.3) is 11.1 Å². The molecule has 3 rings (SSSR count). The van der Waals surface area contributed by atoms with Gasteiger partial charge in [0.15, 0.2) is 0 Å². The van der Waals surface area contributed by atoms with Crippen molar-refractivity contribution in [2.45, 2.75) is 12.8 Å². The Bertz CT molecular complexity index is 622. The van der Waals surface area contributed by atoms with E-state index >= 15 is 0 Å². The second kappa shape index (κ2) is 4.58. The van der Waals surface area contributed by atoms with E-state index < -0.39 is 0 Å². The van der Waals surface area contributed by atoms with Crippen LogP contribution < -0.4 is 5.32 Å². The molecular weight excluding hydrogens is 290 g/mol. The summed E-state index contributed by atoms with van der Waals surface area (Å²) >= 11 is 3.57. The fraction of sp³-hybridized carbons (Fsp3) is 0.133. The molecule has 1 heterocycles. The van der Waals surface area contributed by atoms with Crippen LogP contribution in [0.3, 0.4) is 0 Å². The number of hydrogen-bond acceptors (Lipinski definition) is 1. The lowest BCUT2D eigenvalue weighted by Crippen LogP contribution is -2.18. The molecule has 0 fully saturated rings. The maximum Gasteiger partial charge on any atom is 0.224 e. The Hall–Kier alpha value is -1.61. The van der Waals surface area contributed by atoms with Crippen molar-refractivity contribution in [3.05, 3.63) is 52.5 Å². The lowest BCUT2D eigenvalue weighted by Gasteiger charge is -2.18. The summed E-state index contributed by atoms with van der Waals surface area (Å²) < 4.78 is 1.09. The van der Waals surface area contributed by atoms with Gasteiger partial charge < -0.3 is 5.32 Å². The summed E-state index contributed by atoms with van der Waals surface area (Å²) in [6.45, 7) is 0. The minimum absolute atomic E-state index is 0.108. The van der Waals surface area contributed by atoms with Gasteiger partial charge in [-0.2, -0.15) is 0 Å². The molecule has 1 N–H and O–H groups in total. The SMILES string of the molecule is O=C1CCc2cc(-c3ccccc3Br)ccc2N1. The highest BCUT2D eigenvalue weighted by Gasteiger charge is 2.15. The number of carbonyl (C=O) groups is 1. The van der Waals surface area contributed by atoms with Crippen LogP contribution in [0.5, 0.6) is 0 Å². The van der Waals surface area contributed by atoms with Crippen molar-refractivity contribution in [2.75, 3.05) is 5.32 Å². The van der Waals surface area contributed by atoms with Crippen molar-refractivity contribution in [1.29, 1.82) is 0 Å². The lowest BCUT2D eigenvalue weighted by atomic mass is 9.97. The van der Waals surface area contributed by atoms with E-state index in [9.17, 15) is 4.79 Å². The van der Waals surface area contributed by atoms with Crippen LogP contribution in [0, 0.1) is 0 Å². The van der Waals surface area contributed by atoms with Gasteiger partial charge in [-0.05, 0) is 41.3 Å². The van der Waals surface area contributed by atoms with Gasteiger partial charge >= 0.3 is 0 Å². The van der Waals surface area contributed by atoms with E-state index in [0.29, 0.717) is 6.42 Å². The van der Waals surface area contributed by atoms with Crippen molar-refractivity contribution >= 4 is 27.5 Å². The zero-order valence-corrected chi connectivity index (χ0v) is 11.3. The highest BCUT2D eigenvalue weighted by molar-refractivity contribution is 9.10. The smallest absolute Gasteiger partial charge is 0.224 e. The molecule has 1 aliphatic heterocycles. The summed E-state index contributed by atoms with van der Waals surface area (Å²) in [5.74, 6) is 0.108. The lowest BCUT2D eigenvalue weighted by molar-refractivity contribution is -0.116. The van der Waals surface area contributed by atoms with Crippen LogP contribution in [0.4, 0.5) is 5.69 Å². The first kappa shape index (κ1) is 11.5. The van der Waals surface area contributed by atoms with Crippen LogP contribution in [0.2, 0.25) is 0 Å². The Morgan fingerprint density at radius 3 is 2.72 bits per heavy atom. The van der Waals surface area contributed by atoms with Crippen molar-refractivity contribution in [3.8, 4) is 11.1 Å². The predicted molar refractivity (Wildman–Crippen MR) is 76.5 cm³/mol. The first-order chi connectivity index (χ1) is 8.74. The molecule has 0 saturated carbocycles. The van der Waals surface area contributed by atoms with E-state index in [-0.39, 0.29) is 5.91 Å². The Labute approximate surface area is 114 Å².